The molecule has 1 atom stereocenters. The zero-order valence-electron chi connectivity index (χ0n) is 9.14. The second-order valence-corrected chi connectivity index (χ2v) is 3.44. The first-order chi connectivity index (χ1) is 7.40. The Bertz CT molecular complexity index is 363. The summed E-state index contributed by atoms with van der Waals surface area (Å²) in [6.45, 7) is 1.85. The van der Waals surface area contributed by atoms with Gasteiger partial charge in [-0.05, 0) is 23.6 Å². The van der Waals surface area contributed by atoms with Gasteiger partial charge in [-0.25, -0.2) is 0 Å². The minimum atomic E-state index is -4.42. The highest BCUT2D eigenvalue weighted by Crippen LogP contribution is 2.32. The van der Waals surface area contributed by atoms with Crippen LogP contribution in [-0.2, 0) is 6.42 Å². The maximum Gasteiger partial charge on any atom is 0.407 e. The summed E-state index contributed by atoms with van der Waals surface area (Å²) in [4.78, 5) is 0. The lowest BCUT2D eigenvalue weighted by atomic mass is 10.0. The van der Waals surface area contributed by atoms with Crippen molar-refractivity contribution in [3.8, 4) is 5.75 Å². The Morgan fingerprint density at radius 1 is 1.38 bits per heavy atom. The van der Waals surface area contributed by atoms with Crippen molar-refractivity contribution in [2.75, 3.05) is 7.11 Å². The first kappa shape index (κ1) is 12.8. The van der Waals surface area contributed by atoms with E-state index in [4.69, 9.17) is 10.5 Å². The molecule has 0 aromatic heterocycles. The molecule has 90 valence electrons. The molecule has 1 aromatic carbocycles. The lowest BCUT2D eigenvalue weighted by Gasteiger charge is -2.17. The Labute approximate surface area is 92.2 Å². The third-order valence-corrected chi connectivity index (χ3v) is 2.40. The van der Waals surface area contributed by atoms with E-state index in [0.717, 1.165) is 5.56 Å². The van der Waals surface area contributed by atoms with Crippen LogP contribution in [0.4, 0.5) is 13.2 Å². The monoisotopic (exact) mass is 233 g/mol. The van der Waals surface area contributed by atoms with Gasteiger partial charge < -0.3 is 10.5 Å². The molecule has 2 N–H and O–H groups in total. The number of benzene rings is 1. The highest BCUT2D eigenvalue weighted by molar-refractivity contribution is 5.38. The smallest absolute Gasteiger partial charge is 0.407 e. The van der Waals surface area contributed by atoms with Gasteiger partial charge in [0.2, 0.25) is 0 Å². The largest absolute Gasteiger partial charge is 0.496 e. The fourth-order valence-electron chi connectivity index (χ4n) is 1.46. The molecule has 0 radical (unpaired) electrons. The summed E-state index contributed by atoms with van der Waals surface area (Å²) in [6, 6.07) is 2.36. The van der Waals surface area contributed by atoms with Crippen LogP contribution in [0.15, 0.2) is 18.2 Å². The molecular weight excluding hydrogens is 219 g/mol. The van der Waals surface area contributed by atoms with Crippen molar-refractivity contribution in [2.24, 2.45) is 5.73 Å². The normalized spacial score (nSPS) is 13.6. The van der Waals surface area contributed by atoms with Crippen molar-refractivity contribution >= 4 is 0 Å². The van der Waals surface area contributed by atoms with Crippen molar-refractivity contribution in [3.05, 3.63) is 29.3 Å². The lowest BCUT2D eigenvalue weighted by molar-refractivity contribution is -0.149. The number of alkyl halides is 3. The first-order valence-electron chi connectivity index (χ1n) is 4.89. The summed E-state index contributed by atoms with van der Waals surface area (Å²) in [5, 5.41) is 0. The molecule has 1 rings (SSSR count). The van der Waals surface area contributed by atoms with Crippen molar-refractivity contribution in [2.45, 2.75) is 25.6 Å². The number of ether oxygens (including phenoxy) is 1. The number of hydrogen-bond acceptors (Lipinski definition) is 2. The lowest BCUT2D eigenvalue weighted by Crippen LogP contribution is -2.28. The van der Waals surface area contributed by atoms with Gasteiger partial charge in [0.25, 0.3) is 0 Å². The van der Waals surface area contributed by atoms with Crippen LogP contribution >= 0.6 is 0 Å². The maximum atomic E-state index is 12.4. The van der Waals surface area contributed by atoms with Gasteiger partial charge in [0.05, 0.1) is 7.11 Å². The molecule has 0 spiro atoms. The molecule has 1 unspecified atom stereocenters. The fourth-order valence-corrected chi connectivity index (χ4v) is 1.46. The SMILES string of the molecule is CCc1cc(C(N)C(F)(F)F)ccc1OC. The molecule has 0 aliphatic rings. The Balaban J connectivity index is 3.08. The predicted molar refractivity (Wildman–Crippen MR) is 55.4 cm³/mol. The van der Waals surface area contributed by atoms with Crippen molar-refractivity contribution in [3.63, 3.8) is 0 Å². The van der Waals surface area contributed by atoms with E-state index < -0.39 is 12.2 Å². The summed E-state index contributed by atoms with van der Waals surface area (Å²) < 4.78 is 42.2. The number of methoxy groups -OCH3 is 1. The minimum absolute atomic E-state index is 0.0603. The van der Waals surface area contributed by atoms with Gasteiger partial charge in [0.1, 0.15) is 11.8 Å². The number of aryl methyl sites for hydroxylation is 1. The molecule has 0 aliphatic carbocycles. The van der Waals surface area contributed by atoms with Gasteiger partial charge in [0.15, 0.2) is 0 Å². The van der Waals surface area contributed by atoms with Crippen molar-refractivity contribution in [1.82, 2.24) is 0 Å². The van der Waals surface area contributed by atoms with Crippen LogP contribution in [0.3, 0.4) is 0 Å². The molecular formula is C11H14F3NO. The second kappa shape index (κ2) is 4.74. The first-order valence-corrected chi connectivity index (χ1v) is 4.89. The van der Waals surface area contributed by atoms with Crippen LogP contribution in [0.5, 0.6) is 5.75 Å². The highest BCUT2D eigenvalue weighted by atomic mass is 19.4. The average molecular weight is 233 g/mol. The van der Waals surface area contributed by atoms with Crippen LogP contribution in [0.25, 0.3) is 0 Å². The molecule has 0 saturated heterocycles. The Hall–Kier alpha value is -1.23. The molecule has 0 fully saturated rings. The zero-order chi connectivity index (χ0) is 12.3. The number of nitrogens with two attached hydrogens (primary N) is 1. The third-order valence-electron chi connectivity index (χ3n) is 2.40. The number of halogens is 3. The summed E-state index contributed by atoms with van der Waals surface area (Å²) >= 11 is 0. The summed E-state index contributed by atoms with van der Waals surface area (Å²) in [5.41, 5.74) is 5.90. The van der Waals surface area contributed by atoms with Crippen LogP contribution in [0.2, 0.25) is 0 Å². The standard InChI is InChI=1S/C11H14F3NO/c1-3-7-6-8(4-5-9(7)16-2)10(15)11(12,13)14/h4-6,10H,3,15H2,1-2H3. The zero-order valence-corrected chi connectivity index (χ0v) is 9.14. The topological polar surface area (TPSA) is 35.2 Å². The Morgan fingerprint density at radius 2 is 2.00 bits per heavy atom. The third kappa shape index (κ3) is 2.66. The van der Waals surface area contributed by atoms with E-state index in [-0.39, 0.29) is 5.56 Å². The maximum absolute atomic E-state index is 12.4. The van der Waals surface area contributed by atoms with Crippen LogP contribution in [-0.4, -0.2) is 13.3 Å². The van der Waals surface area contributed by atoms with Gasteiger partial charge in [-0.3, -0.25) is 0 Å². The fraction of sp³-hybridized carbons (Fsp3) is 0.455. The van der Waals surface area contributed by atoms with E-state index in [1.54, 1.807) is 0 Å². The summed E-state index contributed by atoms with van der Waals surface area (Å²) in [7, 11) is 1.48. The van der Waals surface area contributed by atoms with E-state index >= 15 is 0 Å². The van der Waals surface area contributed by atoms with Crippen LogP contribution in [0, 0.1) is 0 Å². The second-order valence-electron chi connectivity index (χ2n) is 3.44. The van der Waals surface area contributed by atoms with Crippen LogP contribution < -0.4 is 10.5 Å². The van der Waals surface area contributed by atoms with Crippen LogP contribution in [0.1, 0.15) is 24.1 Å². The van der Waals surface area contributed by atoms with Gasteiger partial charge in [0, 0.05) is 0 Å². The molecule has 2 nitrogen and oxygen atoms in total. The molecule has 16 heavy (non-hydrogen) atoms. The Morgan fingerprint density at radius 3 is 2.44 bits per heavy atom. The van der Waals surface area contributed by atoms with Gasteiger partial charge in [-0.15, -0.1) is 0 Å². The van der Waals surface area contributed by atoms with E-state index in [1.165, 1.54) is 25.3 Å². The van der Waals surface area contributed by atoms with E-state index in [9.17, 15) is 13.2 Å². The minimum Gasteiger partial charge on any atom is -0.496 e. The van der Waals surface area contributed by atoms with Crippen molar-refractivity contribution in [1.29, 1.82) is 0 Å². The predicted octanol–water partition coefficient (Wildman–Crippen LogP) is 2.82. The molecule has 0 saturated carbocycles. The van der Waals surface area contributed by atoms with Gasteiger partial charge in [-0.2, -0.15) is 13.2 Å². The average Bonchev–Trinajstić information content (AvgIpc) is 2.25. The molecule has 0 heterocycles. The highest BCUT2D eigenvalue weighted by Gasteiger charge is 2.37. The quantitative estimate of drug-likeness (QED) is 0.871. The van der Waals surface area contributed by atoms with Crippen molar-refractivity contribution < 1.29 is 17.9 Å². The summed E-state index contributed by atoms with van der Waals surface area (Å²) in [6.07, 6.45) is -3.82. The molecule has 0 aliphatic heterocycles. The van der Waals surface area contributed by atoms with E-state index in [1.807, 2.05) is 6.92 Å². The molecule has 1 aromatic rings. The molecule has 0 bridgehead atoms. The van der Waals surface area contributed by atoms with E-state index in [2.05, 4.69) is 0 Å². The Kier molecular flexibility index (Phi) is 3.80. The molecule has 5 heteroatoms. The van der Waals surface area contributed by atoms with Gasteiger partial charge >= 0.3 is 6.18 Å². The number of rotatable bonds is 3. The van der Waals surface area contributed by atoms with Gasteiger partial charge in [-0.1, -0.05) is 19.1 Å². The number of hydrogen-bond donors (Lipinski definition) is 1. The molecule has 0 amide bonds. The van der Waals surface area contributed by atoms with E-state index in [0.29, 0.717) is 12.2 Å². The summed E-state index contributed by atoms with van der Waals surface area (Å²) in [5.74, 6) is 0.584.